The van der Waals surface area contributed by atoms with Crippen LogP contribution in [0, 0.1) is 0 Å². The molecule has 120 valence electrons. The van der Waals surface area contributed by atoms with Gasteiger partial charge in [-0.15, -0.1) is 0 Å². The zero-order chi connectivity index (χ0) is 15.9. The zero-order valence-corrected chi connectivity index (χ0v) is 11.8. The molecule has 1 N–H and O–H groups in total. The van der Waals surface area contributed by atoms with E-state index < -0.39 is 18.8 Å². The normalized spacial score (nSPS) is 13.2. The molecule has 0 aliphatic heterocycles. The Morgan fingerprint density at radius 1 is 1.43 bits per heavy atom. The molecule has 21 heavy (non-hydrogen) atoms. The lowest BCUT2D eigenvalue weighted by molar-refractivity contribution is -0.174. The molecule has 1 aromatic rings. The lowest BCUT2D eigenvalue weighted by Gasteiger charge is -2.16. The molecule has 0 saturated heterocycles. The second kappa shape index (κ2) is 8.04. The molecule has 0 saturated carbocycles. The number of furan rings is 1. The Morgan fingerprint density at radius 2 is 2.14 bits per heavy atom. The van der Waals surface area contributed by atoms with Gasteiger partial charge in [0.2, 0.25) is 5.76 Å². The molecule has 1 aromatic heterocycles. The van der Waals surface area contributed by atoms with Gasteiger partial charge < -0.3 is 19.2 Å². The van der Waals surface area contributed by atoms with E-state index in [2.05, 4.69) is 14.8 Å². The fourth-order valence-electron chi connectivity index (χ4n) is 1.73. The zero-order valence-electron chi connectivity index (χ0n) is 11.8. The van der Waals surface area contributed by atoms with Crippen molar-refractivity contribution < 1.29 is 31.9 Å². The number of hydrogen-bond donors (Lipinski definition) is 1. The van der Waals surface area contributed by atoms with Gasteiger partial charge in [-0.05, 0) is 25.1 Å². The molecule has 1 heterocycles. The van der Waals surface area contributed by atoms with Crippen LogP contribution in [0.15, 0.2) is 16.5 Å². The van der Waals surface area contributed by atoms with E-state index in [1.165, 1.54) is 13.2 Å². The number of methoxy groups -OCH3 is 1. The van der Waals surface area contributed by atoms with Crippen molar-refractivity contribution in [2.45, 2.75) is 25.6 Å². The van der Waals surface area contributed by atoms with Gasteiger partial charge in [-0.2, -0.15) is 13.2 Å². The predicted octanol–water partition coefficient (Wildman–Crippen LogP) is 2.69. The van der Waals surface area contributed by atoms with Crippen molar-refractivity contribution in [2.75, 3.05) is 26.9 Å². The van der Waals surface area contributed by atoms with Crippen LogP contribution in [0.25, 0.3) is 0 Å². The Bertz CT molecular complexity index is 445. The molecule has 0 aromatic carbocycles. The molecule has 0 aliphatic rings. The second-order valence-electron chi connectivity index (χ2n) is 4.26. The maximum atomic E-state index is 12.0. The fraction of sp³-hybridized carbons (Fsp3) is 0.615. The summed E-state index contributed by atoms with van der Waals surface area (Å²) in [5, 5.41) is 3.06. The molecule has 0 amide bonds. The Morgan fingerprint density at radius 3 is 2.71 bits per heavy atom. The Hall–Kier alpha value is -1.54. The highest BCUT2D eigenvalue weighted by atomic mass is 19.4. The van der Waals surface area contributed by atoms with Crippen molar-refractivity contribution >= 4 is 5.97 Å². The quantitative estimate of drug-likeness (QED) is 0.591. The molecule has 0 radical (unpaired) electrons. The van der Waals surface area contributed by atoms with Crippen molar-refractivity contribution in [1.82, 2.24) is 5.32 Å². The highest BCUT2D eigenvalue weighted by molar-refractivity contribution is 5.86. The summed E-state index contributed by atoms with van der Waals surface area (Å²) >= 11 is 0. The van der Waals surface area contributed by atoms with Crippen LogP contribution >= 0.6 is 0 Å². The standard InChI is InChI=1S/C13H18F3NO4/c1-3-17-9(6-7-20-8-13(14,15)16)10-4-5-11(21-10)12(18)19-2/h4-5,9,17H,3,6-8H2,1-2H3. The van der Waals surface area contributed by atoms with Gasteiger partial charge in [-0.3, -0.25) is 0 Å². The van der Waals surface area contributed by atoms with Gasteiger partial charge in [0.1, 0.15) is 12.4 Å². The van der Waals surface area contributed by atoms with E-state index in [1.807, 2.05) is 6.92 Å². The maximum absolute atomic E-state index is 12.0. The van der Waals surface area contributed by atoms with Crippen molar-refractivity contribution in [3.63, 3.8) is 0 Å². The van der Waals surface area contributed by atoms with Crippen LogP contribution in [0.2, 0.25) is 0 Å². The van der Waals surface area contributed by atoms with Crippen molar-refractivity contribution in [2.24, 2.45) is 0 Å². The van der Waals surface area contributed by atoms with E-state index in [1.54, 1.807) is 6.07 Å². The predicted molar refractivity (Wildman–Crippen MR) is 68.0 cm³/mol. The maximum Gasteiger partial charge on any atom is 0.411 e. The topological polar surface area (TPSA) is 60.7 Å². The van der Waals surface area contributed by atoms with Crippen LogP contribution in [0.1, 0.15) is 35.7 Å². The average molecular weight is 309 g/mol. The smallest absolute Gasteiger partial charge is 0.411 e. The van der Waals surface area contributed by atoms with Crippen molar-refractivity contribution in [1.29, 1.82) is 0 Å². The molecule has 0 bridgehead atoms. The molecular weight excluding hydrogens is 291 g/mol. The summed E-state index contributed by atoms with van der Waals surface area (Å²) in [5.74, 6) is -0.107. The summed E-state index contributed by atoms with van der Waals surface area (Å²) in [6.45, 7) is 1.09. The summed E-state index contributed by atoms with van der Waals surface area (Å²) in [4.78, 5) is 11.3. The largest absolute Gasteiger partial charge is 0.463 e. The first-order chi connectivity index (χ1) is 9.87. The minimum atomic E-state index is -4.34. The average Bonchev–Trinajstić information content (AvgIpc) is 2.90. The second-order valence-corrected chi connectivity index (χ2v) is 4.26. The summed E-state index contributed by atoms with van der Waals surface area (Å²) < 4.78 is 50.3. The lowest BCUT2D eigenvalue weighted by Crippen LogP contribution is -2.23. The third-order valence-electron chi connectivity index (χ3n) is 2.62. The van der Waals surface area contributed by atoms with Crippen LogP contribution < -0.4 is 5.32 Å². The van der Waals surface area contributed by atoms with E-state index in [9.17, 15) is 18.0 Å². The first-order valence-electron chi connectivity index (χ1n) is 6.43. The van der Waals surface area contributed by atoms with E-state index in [-0.39, 0.29) is 24.8 Å². The molecule has 5 nitrogen and oxygen atoms in total. The highest BCUT2D eigenvalue weighted by Gasteiger charge is 2.27. The number of halogens is 3. The Kier molecular flexibility index (Phi) is 6.70. The molecule has 0 aliphatic carbocycles. The highest BCUT2D eigenvalue weighted by Crippen LogP contribution is 2.21. The van der Waals surface area contributed by atoms with Gasteiger partial charge in [0.05, 0.1) is 13.2 Å². The van der Waals surface area contributed by atoms with Crippen LogP contribution in [-0.4, -0.2) is 39.0 Å². The third-order valence-corrected chi connectivity index (χ3v) is 2.62. The molecule has 8 heteroatoms. The number of carbonyl (C=O) groups is 1. The molecule has 1 unspecified atom stereocenters. The molecule has 0 spiro atoms. The minimum Gasteiger partial charge on any atom is -0.463 e. The van der Waals surface area contributed by atoms with E-state index >= 15 is 0 Å². The Labute approximate surface area is 120 Å². The molecular formula is C13H18F3NO4. The molecule has 1 rings (SSSR count). The molecule has 0 fully saturated rings. The van der Waals surface area contributed by atoms with Crippen LogP contribution in [0.5, 0.6) is 0 Å². The van der Waals surface area contributed by atoms with Crippen molar-refractivity contribution in [3.8, 4) is 0 Å². The summed E-state index contributed by atoms with van der Waals surface area (Å²) in [6.07, 6.45) is -4.05. The number of alkyl halides is 3. The van der Waals surface area contributed by atoms with E-state index in [0.29, 0.717) is 12.3 Å². The van der Waals surface area contributed by atoms with Gasteiger partial charge in [0, 0.05) is 6.61 Å². The number of carbonyl (C=O) groups excluding carboxylic acids is 1. The van der Waals surface area contributed by atoms with Gasteiger partial charge >= 0.3 is 12.1 Å². The summed E-state index contributed by atoms with van der Waals surface area (Å²) in [7, 11) is 1.23. The van der Waals surface area contributed by atoms with Crippen molar-refractivity contribution in [3.05, 3.63) is 23.7 Å². The summed E-state index contributed by atoms with van der Waals surface area (Å²) in [5.41, 5.74) is 0. The number of hydrogen-bond acceptors (Lipinski definition) is 5. The SMILES string of the molecule is CCNC(CCOCC(F)(F)F)c1ccc(C(=O)OC)o1. The monoisotopic (exact) mass is 309 g/mol. The van der Waals surface area contributed by atoms with Crippen LogP contribution in [0.3, 0.4) is 0 Å². The number of nitrogens with one attached hydrogen (secondary N) is 1. The minimum absolute atomic E-state index is 0.0478. The molecule has 1 atom stereocenters. The number of ether oxygens (including phenoxy) is 2. The third kappa shape index (κ3) is 6.17. The Balaban J connectivity index is 2.56. The van der Waals surface area contributed by atoms with Gasteiger partial charge in [0.25, 0.3) is 0 Å². The number of rotatable bonds is 8. The van der Waals surface area contributed by atoms with E-state index in [4.69, 9.17) is 4.42 Å². The first-order valence-corrected chi connectivity index (χ1v) is 6.43. The van der Waals surface area contributed by atoms with Gasteiger partial charge in [-0.25, -0.2) is 4.79 Å². The number of esters is 1. The summed E-state index contributed by atoms with van der Waals surface area (Å²) in [6, 6.07) is 2.72. The van der Waals surface area contributed by atoms with Crippen LogP contribution in [0.4, 0.5) is 13.2 Å². The van der Waals surface area contributed by atoms with E-state index in [0.717, 1.165) is 0 Å². The van der Waals surface area contributed by atoms with Crippen LogP contribution in [-0.2, 0) is 9.47 Å². The van der Waals surface area contributed by atoms with Gasteiger partial charge in [-0.1, -0.05) is 6.92 Å². The lowest BCUT2D eigenvalue weighted by atomic mass is 10.1. The fourth-order valence-corrected chi connectivity index (χ4v) is 1.73. The first kappa shape index (κ1) is 17.5. The van der Waals surface area contributed by atoms with Gasteiger partial charge in [0.15, 0.2) is 0 Å².